The molecule has 0 fully saturated rings. The highest BCUT2D eigenvalue weighted by Gasteiger charge is 2.12. The number of aliphatic carboxylic acids is 1. The third-order valence-electron chi connectivity index (χ3n) is 1.54. The van der Waals surface area contributed by atoms with Crippen molar-refractivity contribution in [3.63, 3.8) is 0 Å². The van der Waals surface area contributed by atoms with E-state index in [-0.39, 0.29) is 5.92 Å². The molecule has 0 radical (unpaired) electrons. The van der Waals surface area contributed by atoms with Gasteiger partial charge in [0, 0.05) is 23.0 Å². The van der Waals surface area contributed by atoms with Gasteiger partial charge in [-0.05, 0) is 0 Å². The monoisotopic (exact) mass is 252 g/mol. The lowest BCUT2D eigenvalue weighted by molar-refractivity contribution is -0.140. The van der Waals surface area contributed by atoms with Crippen LogP contribution in [0.5, 0.6) is 0 Å². The molecule has 1 rings (SSSR count). The molecule has 0 aliphatic rings. The van der Waals surface area contributed by atoms with E-state index in [1.165, 1.54) is 11.8 Å². The first-order chi connectivity index (χ1) is 6.61. The van der Waals surface area contributed by atoms with Gasteiger partial charge in [0.05, 0.1) is 5.92 Å². The van der Waals surface area contributed by atoms with Crippen LogP contribution in [-0.2, 0) is 10.5 Å². The average molecular weight is 253 g/mol. The molecule has 1 aromatic heterocycles. The minimum Gasteiger partial charge on any atom is -0.481 e. The van der Waals surface area contributed by atoms with Gasteiger partial charge < -0.3 is 5.11 Å². The molecule has 0 saturated carbocycles. The molecule has 1 unspecified atom stereocenters. The van der Waals surface area contributed by atoms with Crippen molar-refractivity contribution in [2.24, 2.45) is 5.92 Å². The number of carboxylic acid groups (broad SMARTS) is 1. The highest BCUT2D eigenvalue weighted by Crippen LogP contribution is 2.22. The van der Waals surface area contributed by atoms with E-state index >= 15 is 0 Å². The molecule has 0 spiro atoms. The van der Waals surface area contributed by atoms with Crippen LogP contribution in [0.2, 0.25) is 4.34 Å². The Balaban J connectivity index is 2.29. The van der Waals surface area contributed by atoms with Crippen LogP contribution >= 0.6 is 34.9 Å². The van der Waals surface area contributed by atoms with Gasteiger partial charge in [-0.2, -0.15) is 11.8 Å². The minimum atomic E-state index is -0.778. The average Bonchev–Trinajstić information content (AvgIpc) is 2.51. The summed E-state index contributed by atoms with van der Waals surface area (Å²) in [6.45, 7) is 1.68. The van der Waals surface area contributed by atoms with Gasteiger partial charge in [0.1, 0.15) is 10.0 Å². The summed E-state index contributed by atoms with van der Waals surface area (Å²) in [5.74, 6) is 0.0567. The molecule has 0 saturated heterocycles. The van der Waals surface area contributed by atoms with Crippen LogP contribution in [-0.4, -0.2) is 26.4 Å². The molecule has 4 nitrogen and oxygen atoms in total. The standard InChI is InChI=1S/C7H9ClN2O2S2/c1-4(7(11)12)2-13-3-5-6(8)14-10-9-5/h4H,2-3H2,1H3,(H,11,12). The molecule has 1 N–H and O–H groups in total. The second kappa shape index (κ2) is 5.53. The summed E-state index contributed by atoms with van der Waals surface area (Å²) in [4.78, 5) is 10.5. The van der Waals surface area contributed by atoms with E-state index in [2.05, 4.69) is 9.59 Å². The van der Waals surface area contributed by atoms with E-state index in [9.17, 15) is 4.79 Å². The molecule has 0 aliphatic heterocycles. The van der Waals surface area contributed by atoms with Crippen molar-refractivity contribution in [2.75, 3.05) is 5.75 Å². The van der Waals surface area contributed by atoms with Crippen molar-refractivity contribution in [3.8, 4) is 0 Å². The maximum Gasteiger partial charge on any atom is 0.307 e. The van der Waals surface area contributed by atoms with Crippen LogP contribution in [0.4, 0.5) is 0 Å². The highest BCUT2D eigenvalue weighted by molar-refractivity contribution is 7.98. The number of hydrogen-bond acceptors (Lipinski definition) is 5. The first kappa shape index (κ1) is 11.7. The van der Waals surface area contributed by atoms with Crippen molar-refractivity contribution < 1.29 is 9.90 Å². The van der Waals surface area contributed by atoms with Crippen LogP contribution in [0.25, 0.3) is 0 Å². The molecule has 0 bridgehead atoms. The van der Waals surface area contributed by atoms with Crippen molar-refractivity contribution in [2.45, 2.75) is 12.7 Å². The lowest BCUT2D eigenvalue weighted by Gasteiger charge is -2.03. The van der Waals surface area contributed by atoms with E-state index in [1.807, 2.05) is 0 Å². The van der Waals surface area contributed by atoms with Crippen LogP contribution in [0.3, 0.4) is 0 Å². The minimum absolute atomic E-state index is 0.342. The van der Waals surface area contributed by atoms with Crippen molar-refractivity contribution >= 4 is 40.9 Å². The number of thioether (sulfide) groups is 1. The van der Waals surface area contributed by atoms with E-state index in [4.69, 9.17) is 16.7 Å². The second-order valence-corrected chi connectivity index (χ2v) is 5.13. The molecule has 1 atom stereocenters. The first-order valence-electron chi connectivity index (χ1n) is 3.88. The number of nitrogens with zero attached hydrogens (tertiary/aromatic N) is 2. The summed E-state index contributed by atoms with van der Waals surface area (Å²) in [6, 6.07) is 0. The number of aromatic nitrogens is 2. The lowest BCUT2D eigenvalue weighted by Crippen LogP contribution is -2.11. The third kappa shape index (κ3) is 3.43. The number of hydrogen-bond donors (Lipinski definition) is 1. The molecular formula is C7H9ClN2O2S2. The Hall–Kier alpha value is -0.330. The summed E-state index contributed by atoms with van der Waals surface area (Å²) in [6.07, 6.45) is 0. The summed E-state index contributed by atoms with van der Waals surface area (Å²) in [5.41, 5.74) is 0.735. The molecule has 78 valence electrons. The fourth-order valence-electron chi connectivity index (χ4n) is 0.687. The molecule has 0 aliphatic carbocycles. The Bertz CT molecular complexity index is 318. The molecule has 0 aromatic carbocycles. The normalized spacial score (nSPS) is 12.7. The number of rotatable bonds is 5. The van der Waals surface area contributed by atoms with Crippen LogP contribution in [0, 0.1) is 5.92 Å². The Morgan fingerprint density at radius 3 is 3.00 bits per heavy atom. The molecule has 1 aromatic rings. The molecule has 7 heteroatoms. The maximum atomic E-state index is 10.5. The van der Waals surface area contributed by atoms with Gasteiger partial charge in [-0.1, -0.05) is 23.0 Å². The Morgan fingerprint density at radius 2 is 2.50 bits per heavy atom. The summed E-state index contributed by atoms with van der Waals surface area (Å²) < 4.78 is 4.27. The SMILES string of the molecule is CC(CSCc1nnsc1Cl)C(=O)O. The topological polar surface area (TPSA) is 63.1 Å². The lowest BCUT2D eigenvalue weighted by atomic mass is 10.2. The van der Waals surface area contributed by atoms with E-state index in [0.29, 0.717) is 15.8 Å². The van der Waals surface area contributed by atoms with E-state index in [0.717, 1.165) is 17.2 Å². The summed E-state index contributed by atoms with van der Waals surface area (Å²) in [7, 11) is 0. The number of carboxylic acids is 1. The van der Waals surface area contributed by atoms with Gasteiger partial charge in [0.25, 0.3) is 0 Å². The van der Waals surface area contributed by atoms with Gasteiger partial charge in [0.2, 0.25) is 0 Å². The van der Waals surface area contributed by atoms with Crippen LogP contribution in [0.1, 0.15) is 12.6 Å². The van der Waals surface area contributed by atoms with Crippen LogP contribution < -0.4 is 0 Å². The second-order valence-electron chi connectivity index (χ2n) is 2.75. The van der Waals surface area contributed by atoms with Gasteiger partial charge in [-0.3, -0.25) is 4.79 Å². The predicted octanol–water partition coefficient (Wildman–Crippen LogP) is 2.15. The van der Waals surface area contributed by atoms with Crippen molar-refractivity contribution in [3.05, 3.63) is 10.0 Å². The fourth-order valence-corrected chi connectivity index (χ4v) is 2.49. The number of carbonyl (C=O) groups is 1. The molecule has 1 heterocycles. The Labute approximate surface area is 94.8 Å². The van der Waals surface area contributed by atoms with Gasteiger partial charge in [-0.25, -0.2) is 0 Å². The molecule has 14 heavy (non-hydrogen) atoms. The Kier molecular flexibility index (Phi) is 4.64. The van der Waals surface area contributed by atoms with Crippen molar-refractivity contribution in [1.82, 2.24) is 9.59 Å². The summed E-state index contributed by atoms with van der Waals surface area (Å²) in [5, 5.41) is 12.5. The molecular weight excluding hydrogens is 244 g/mol. The summed E-state index contributed by atoms with van der Waals surface area (Å²) >= 11 is 8.43. The highest BCUT2D eigenvalue weighted by atomic mass is 35.5. The van der Waals surface area contributed by atoms with E-state index < -0.39 is 5.97 Å². The van der Waals surface area contributed by atoms with E-state index in [1.54, 1.807) is 6.92 Å². The van der Waals surface area contributed by atoms with Gasteiger partial charge in [0.15, 0.2) is 0 Å². The van der Waals surface area contributed by atoms with Gasteiger partial charge in [-0.15, -0.1) is 5.10 Å². The fraction of sp³-hybridized carbons (Fsp3) is 0.571. The van der Waals surface area contributed by atoms with Crippen molar-refractivity contribution in [1.29, 1.82) is 0 Å². The zero-order valence-electron chi connectivity index (χ0n) is 7.44. The quantitative estimate of drug-likeness (QED) is 0.870. The maximum absolute atomic E-state index is 10.5. The molecule has 0 amide bonds. The first-order valence-corrected chi connectivity index (χ1v) is 6.19. The zero-order valence-corrected chi connectivity index (χ0v) is 9.82. The Morgan fingerprint density at radius 1 is 1.79 bits per heavy atom. The predicted molar refractivity (Wildman–Crippen MR) is 57.9 cm³/mol. The van der Waals surface area contributed by atoms with Gasteiger partial charge >= 0.3 is 5.97 Å². The smallest absolute Gasteiger partial charge is 0.307 e. The third-order valence-corrected chi connectivity index (χ3v) is 3.74. The van der Waals surface area contributed by atoms with Crippen LogP contribution in [0.15, 0.2) is 0 Å². The largest absolute Gasteiger partial charge is 0.481 e. The zero-order chi connectivity index (χ0) is 10.6. The number of halogens is 1.